The summed E-state index contributed by atoms with van der Waals surface area (Å²) in [5.74, 6) is 0. The van der Waals surface area contributed by atoms with Crippen LogP contribution in [0.15, 0.2) is 11.9 Å². The maximum atomic E-state index is 3.22. The van der Waals surface area contributed by atoms with Crippen molar-refractivity contribution in [2.75, 3.05) is 14.1 Å². The molecular weight excluding hydrogens is 174 g/mol. The SMILES string of the molecule is CN1C=C(C(C)(C)C(C)(C)C)N(C)N1. The van der Waals surface area contributed by atoms with E-state index in [-0.39, 0.29) is 10.8 Å². The smallest absolute Gasteiger partial charge is 0.0543 e. The maximum Gasteiger partial charge on any atom is 0.0543 e. The molecule has 0 radical (unpaired) electrons. The van der Waals surface area contributed by atoms with Crippen molar-refractivity contribution in [1.82, 2.24) is 15.6 Å². The van der Waals surface area contributed by atoms with E-state index in [1.54, 1.807) is 0 Å². The van der Waals surface area contributed by atoms with Crippen LogP contribution in [0.4, 0.5) is 0 Å². The molecule has 3 heteroatoms. The van der Waals surface area contributed by atoms with E-state index in [0.717, 1.165) is 0 Å². The number of nitrogens with one attached hydrogen (secondary N) is 1. The van der Waals surface area contributed by atoms with Gasteiger partial charge in [-0.15, -0.1) is 5.53 Å². The van der Waals surface area contributed by atoms with E-state index in [9.17, 15) is 0 Å². The van der Waals surface area contributed by atoms with Crippen LogP contribution in [0.25, 0.3) is 0 Å². The first-order valence-electron chi connectivity index (χ1n) is 5.11. The molecule has 0 unspecified atom stereocenters. The van der Waals surface area contributed by atoms with Gasteiger partial charge in [-0.25, -0.2) is 0 Å². The molecule has 1 aliphatic heterocycles. The zero-order valence-corrected chi connectivity index (χ0v) is 10.5. The molecule has 1 aliphatic rings. The molecule has 0 saturated heterocycles. The molecule has 0 fully saturated rings. The van der Waals surface area contributed by atoms with Crippen molar-refractivity contribution in [3.05, 3.63) is 11.9 Å². The molecule has 1 heterocycles. The van der Waals surface area contributed by atoms with E-state index in [0.29, 0.717) is 0 Å². The highest BCUT2D eigenvalue weighted by molar-refractivity contribution is 5.15. The predicted octanol–water partition coefficient (Wildman–Crippen LogP) is 2.20. The molecule has 0 aromatic carbocycles. The van der Waals surface area contributed by atoms with Gasteiger partial charge in [-0.05, 0) is 5.41 Å². The first kappa shape index (κ1) is 11.4. The van der Waals surface area contributed by atoms with Gasteiger partial charge in [-0.1, -0.05) is 34.6 Å². The molecule has 1 N–H and O–H groups in total. The number of hydrogen-bond acceptors (Lipinski definition) is 3. The van der Waals surface area contributed by atoms with Crippen LogP contribution in [-0.2, 0) is 0 Å². The van der Waals surface area contributed by atoms with Gasteiger partial charge in [-0.3, -0.25) is 10.0 Å². The van der Waals surface area contributed by atoms with Gasteiger partial charge in [-0.2, -0.15) is 0 Å². The fourth-order valence-corrected chi connectivity index (χ4v) is 1.55. The fourth-order valence-electron chi connectivity index (χ4n) is 1.55. The summed E-state index contributed by atoms with van der Waals surface area (Å²) < 4.78 is 0. The Kier molecular flexibility index (Phi) is 2.57. The Hall–Kier alpha value is -0.700. The highest BCUT2D eigenvalue weighted by Crippen LogP contribution is 2.45. The number of rotatable bonds is 1. The molecule has 3 nitrogen and oxygen atoms in total. The van der Waals surface area contributed by atoms with E-state index in [4.69, 9.17) is 0 Å². The number of nitrogens with zero attached hydrogens (tertiary/aromatic N) is 2. The Labute approximate surface area is 87.7 Å². The minimum Gasteiger partial charge on any atom is -0.299 e. The minimum atomic E-state index is 0.152. The van der Waals surface area contributed by atoms with Crippen molar-refractivity contribution in [2.24, 2.45) is 10.8 Å². The van der Waals surface area contributed by atoms with Crippen LogP contribution in [0, 0.1) is 10.8 Å². The van der Waals surface area contributed by atoms with Gasteiger partial charge < -0.3 is 0 Å². The average molecular weight is 197 g/mol. The standard InChI is InChI=1S/C11H23N3/c1-10(2,3)11(4,5)9-8-13(6)12-14(9)7/h8,12H,1-7H3. The van der Waals surface area contributed by atoms with Gasteiger partial charge in [0, 0.05) is 25.7 Å². The van der Waals surface area contributed by atoms with E-state index in [1.165, 1.54) is 5.70 Å². The molecule has 0 amide bonds. The normalized spacial score (nSPS) is 18.9. The largest absolute Gasteiger partial charge is 0.299 e. The molecule has 1 rings (SSSR count). The van der Waals surface area contributed by atoms with Crippen LogP contribution in [-0.4, -0.2) is 24.1 Å². The number of hydrazine groups is 2. The summed E-state index contributed by atoms with van der Waals surface area (Å²) in [6.07, 6.45) is 2.16. The van der Waals surface area contributed by atoms with E-state index in [2.05, 4.69) is 58.4 Å². The molecule has 0 aliphatic carbocycles. The second-order valence-electron chi connectivity index (χ2n) is 5.66. The molecule has 0 bridgehead atoms. The summed E-state index contributed by atoms with van der Waals surface area (Å²) in [7, 11) is 4.07. The third-order valence-corrected chi connectivity index (χ3v) is 3.50. The van der Waals surface area contributed by atoms with Gasteiger partial charge in [0.1, 0.15) is 0 Å². The topological polar surface area (TPSA) is 18.5 Å². The molecule has 0 aromatic heterocycles. The zero-order valence-electron chi connectivity index (χ0n) is 10.5. The first-order valence-corrected chi connectivity index (χ1v) is 5.11. The Morgan fingerprint density at radius 3 is 1.86 bits per heavy atom. The van der Waals surface area contributed by atoms with Crippen LogP contribution in [0.1, 0.15) is 34.6 Å². The molecular formula is C11H23N3. The Balaban J connectivity index is 2.99. The number of hydrogen-bond donors (Lipinski definition) is 1. The summed E-state index contributed by atoms with van der Waals surface area (Å²) >= 11 is 0. The van der Waals surface area contributed by atoms with Crippen molar-refractivity contribution in [3.8, 4) is 0 Å². The van der Waals surface area contributed by atoms with Crippen molar-refractivity contribution in [3.63, 3.8) is 0 Å². The van der Waals surface area contributed by atoms with Crippen molar-refractivity contribution < 1.29 is 0 Å². The van der Waals surface area contributed by atoms with Gasteiger partial charge in [0.25, 0.3) is 0 Å². The highest BCUT2D eigenvalue weighted by atomic mass is 15.8. The third kappa shape index (κ3) is 1.73. The molecule has 0 saturated carbocycles. The second kappa shape index (κ2) is 3.16. The zero-order chi connectivity index (χ0) is 11.1. The Bertz CT molecular complexity index is 248. The maximum absolute atomic E-state index is 3.22. The lowest BCUT2D eigenvalue weighted by molar-refractivity contribution is 0.104. The van der Waals surface area contributed by atoms with Crippen molar-refractivity contribution in [2.45, 2.75) is 34.6 Å². The molecule has 82 valence electrons. The van der Waals surface area contributed by atoms with E-state index >= 15 is 0 Å². The van der Waals surface area contributed by atoms with E-state index < -0.39 is 0 Å². The highest BCUT2D eigenvalue weighted by Gasteiger charge is 2.40. The molecule has 0 aromatic rings. The van der Waals surface area contributed by atoms with Gasteiger partial charge in [0.15, 0.2) is 0 Å². The Morgan fingerprint density at radius 2 is 1.57 bits per heavy atom. The van der Waals surface area contributed by atoms with Crippen LogP contribution in [0.3, 0.4) is 0 Å². The summed E-state index contributed by atoms with van der Waals surface area (Å²) in [6.45, 7) is 11.4. The summed E-state index contributed by atoms with van der Waals surface area (Å²) in [5, 5.41) is 4.08. The average Bonchev–Trinajstić information content (AvgIpc) is 2.27. The first-order chi connectivity index (χ1) is 6.16. The predicted molar refractivity (Wildman–Crippen MR) is 60.0 cm³/mol. The fraction of sp³-hybridized carbons (Fsp3) is 0.818. The van der Waals surface area contributed by atoms with Crippen LogP contribution >= 0.6 is 0 Å². The molecule has 0 atom stereocenters. The lowest BCUT2D eigenvalue weighted by Crippen LogP contribution is -2.41. The van der Waals surface area contributed by atoms with E-state index in [1.807, 2.05) is 12.1 Å². The quantitative estimate of drug-likeness (QED) is 0.695. The second-order valence-corrected chi connectivity index (χ2v) is 5.66. The summed E-state index contributed by atoms with van der Waals surface area (Å²) in [5.41, 5.74) is 4.95. The van der Waals surface area contributed by atoms with Gasteiger partial charge in [0.05, 0.1) is 5.70 Å². The van der Waals surface area contributed by atoms with Gasteiger partial charge >= 0.3 is 0 Å². The lowest BCUT2D eigenvalue weighted by Gasteiger charge is -2.41. The van der Waals surface area contributed by atoms with Gasteiger partial charge in [0.2, 0.25) is 0 Å². The van der Waals surface area contributed by atoms with Crippen LogP contribution < -0.4 is 5.53 Å². The van der Waals surface area contributed by atoms with Crippen LogP contribution in [0.5, 0.6) is 0 Å². The Morgan fingerprint density at radius 1 is 1.07 bits per heavy atom. The lowest BCUT2D eigenvalue weighted by atomic mass is 9.67. The van der Waals surface area contributed by atoms with Crippen LogP contribution in [0.2, 0.25) is 0 Å². The molecule has 14 heavy (non-hydrogen) atoms. The summed E-state index contributed by atoms with van der Waals surface area (Å²) in [4.78, 5) is 0. The summed E-state index contributed by atoms with van der Waals surface area (Å²) in [6, 6.07) is 0. The molecule has 0 spiro atoms. The minimum absolute atomic E-state index is 0.152. The van der Waals surface area contributed by atoms with Crippen molar-refractivity contribution in [1.29, 1.82) is 0 Å². The monoisotopic (exact) mass is 197 g/mol. The number of allylic oxidation sites excluding steroid dienone is 1. The van der Waals surface area contributed by atoms with Crippen molar-refractivity contribution >= 4 is 0 Å². The third-order valence-electron chi connectivity index (χ3n) is 3.50.